The lowest BCUT2D eigenvalue weighted by molar-refractivity contribution is -0.134. The number of ether oxygens (including phenoxy) is 1. The highest BCUT2D eigenvalue weighted by Crippen LogP contribution is 2.30. The summed E-state index contributed by atoms with van der Waals surface area (Å²) in [6, 6.07) is -1.97. The van der Waals surface area contributed by atoms with Crippen LogP contribution in [-0.2, 0) is 19.1 Å². The molecule has 3 unspecified atom stereocenters. The number of carbonyl (C=O) groups excluding carboxylic acids is 3. The van der Waals surface area contributed by atoms with Crippen LogP contribution in [-0.4, -0.2) is 65.3 Å². The summed E-state index contributed by atoms with van der Waals surface area (Å²) < 4.78 is 5.10. The van der Waals surface area contributed by atoms with Crippen LogP contribution in [0.4, 0.5) is 0 Å². The molecule has 8 heteroatoms. The van der Waals surface area contributed by atoms with Gasteiger partial charge in [-0.25, -0.2) is 0 Å². The predicted molar refractivity (Wildman–Crippen MR) is 104 cm³/mol. The molecule has 1 aliphatic rings. The molecule has 1 heterocycles. The van der Waals surface area contributed by atoms with E-state index in [1.807, 2.05) is 13.8 Å². The van der Waals surface area contributed by atoms with Gasteiger partial charge in [0.15, 0.2) is 11.4 Å². The molecule has 1 rings (SSSR count). The van der Waals surface area contributed by atoms with Crippen molar-refractivity contribution in [1.29, 1.82) is 0 Å². The highest BCUT2D eigenvalue weighted by Gasteiger charge is 2.54. The lowest BCUT2D eigenvalue weighted by Crippen LogP contribution is -2.55. The molecule has 3 atom stereocenters. The molecular weight excluding hydrogens is 364 g/mol. The van der Waals surface area contributed by atoms with Crippen LogP contribution < -0.4 is 10.6 Å². The fourth-order valence-corrected chi connectivity index (χ4v) is 2.99. The smallest absolute Gasteiger partial charge is 0.245 e. The first kappa shape index (κ1) is 24.5. The molecule has 162 valence electrons. The first-order chi connectivity index (χ1) is 13.1. The van der Waals surface area contributed by atoms with Crippen molar-refractivity contribution in [3.05, 3.63) is 0 Å². The summed E-state index contributed by atoms with van der Waals surface area (Å²) in [7, 11) is 0. The summed E-state index contributed by atoms with van der Waals surface area (Å²) in [5.74, 6) is -0.611. The topological polar surface area (TPSA) is 128 Å². The zero-order valence-electron chi connectivity index (χ0n) is 17.5. The van der Waals surface area contributed by atoms with Crippen molar-refractivity contribution in [1.82, 2.24) is 10.6 Å². The summed E-state index contributed by atoms with van der Waals surface area (Å²) in [4.78, 5) is 37.2. The average molecular weight is 401 g/mol. The van der Waals surface area contributed by atoms with E-state index in [2.05, 4.69) is 24.5 Å². The molecule has 1 aliphatic heterocycles. The van der Waals surface area contributed by atoms with Gasteiger partial charge in [-0.3, -0.25) is 14.4 Å². The van der Waals surface area contributed by atoms with E-state index in [1.54, 1.807) is 0 Å². The largest absolute Gasteiger partial charge is 0.394 e. The number of amides is 2. The third-order valence-electron chi connectivity index (χ3n) is 4.81. The molecular formula is C20H36N2O6. The number of hydrogen-bond donors (Lipinski definition) is 4. The van der Waals surface area contributed by atoms with Crippen LogP contribution in [0.3, 0.4) is 0 Å². The number of hydrogen-bond acceptors (Lipinski definition) is 6. The molecule has 0 aromatic rings. The quantitative estimate of drug-likeness (QED) is 0.249. The van der Waals surface area contributed by atoms with Crippen molar-refractivity contribution in [3.8, 4) is 0 Å². The van der Waals surface area contributed by atoms with Gasteiger partial charge in [-0.2, -0.15) is 0 Å². The number of unbranched alkanes of at least 4 members (excludes halogenated alkanes) is 1. The van der Waals surface area contributed by atoms with Gasteiger partial charge in [0.1, 0.15) is 6.04 Å². The molecule has 1 fully saturated rings. The third kappa shape index (κ3) is 7.85. The number of Topliss-reactive ketones (excluding diaryl/α,β-unsaturated/α-hetero) is 1. The second-order valence-electron chi connectivity index (χ2n) is 8.44. The van der Waals surface area contributed by atoms with E-state index in [9.17, 15) is 24.6 Å². The zero-order valence-corrected chi connectivity index (χ0v) is 17.5. The minimum atomic E-state index is -1.23. The molecule has 8 nitrogen and oxygen atoms in total. The Bertz CT molecular complexity index is 531. The second-order valence-corrected chi connectivity index (χ2v) is 8.44. The lowest BCUT2D eigenvalue weighted by atomic mass is 9.92. The first-order valence-corrected chi connectivity index (χ1v) is 10.1. The lowest BCUT2D eigenvalue weighted by Gasteiger charge is -2.24. The number of carbonyl (C=O) groups is 3. The third-order valence-corrected chi connectivity index (χ3v) is 4.81. The molecule has 0 radical (unpaired) electrons. The van der Waals surface area contributed by atoms with Gasteiger partial charge < -0.3 is 25.6 Å². The van der Waals surface area contributed by atoms with Crippen molar-refractivity contribution in [2.24, 2.45) is 11.8 Å². The molecule has 0 bridgehead atoms. The molecule has 0 saturated carbocycles. The highest BCUT2D eigenvalue weighted by molar-refractivity contribution is 5.98. The monoisotopic (exact) mass is 400 g/mol. The fourth-order valence-electron chi connectivity index (χ4n) is 2.99. The van der Waals surface area contributed by atoms with E-state index in [4.69, 9.17) is 4.74 Å². The van der Waals surface area contributed by atoms with Crippen molar-refractivity contribution >= 4 is 17.6 Å². The summed E-state index contributed by atoms with van der Waals surface area (Å²) in [5.41, 5.74) is -1.23. The Morgan fingerprint density at radius 3 is 2.11 bits per heavy atom. The number of nitrogens with one attached hydrogen (secondary N) is 2. The number of aliphatic hydroxyl groups is 2. The van der Waals surface area contributed by atoms with Gasteiger partial charge in [-0.05, 0) is 24.7 Å². The molecule has 4 N–H and O–H groups in total. The van der Waals surface area contributed by atoms with Crippen molar-refractivity contribution < 1.29 is 29.3 Å². The number of ketones is 1. The van der Waals surface area contributed by atoms with Crippen molar-refractivity contribution in [2.75, 3.05) is 19.8 Å². The van der Waals surface area contributed by atoms with Crippen molar-refractivity contribution in [3.63, 3.8) is 0 Å². The van der Waals surface area contributed by atoms with Gasteiger partial charge in [-0.1, -0.05) is 40.5 Å². The Morgan fingerprint density at radius 2 is 1.64 bits per heavy atom. The molecule has 28 heavy (non-hydrogen) atoms. The Kier molecular flexibility index (Phi) is 10.1. The summed E-state index contributed by atoms with van der Waals surface area (Å²) in [5, 5.41) is 24.1. The van der Waals surface area contributed by atoms with Crippen LogP contribution in [0.1, 0.15) is 59.8 Å². The summed E-state index contributed by atoms with van der Waals surface area (Å²) in [6.07, 6.45) is 3.33. The van der Waals surface area contributed by atoms with E-state index < -0.39 is 36.8 Å². The Morgan fingerprint density at radius 1 is 1.00 bits per heavy atom. The Balaban J connectivity index is 2.60. The molecule has 0 spiro atoms. The van der Waals surface area contributed by atoms with E-state index in [0.29, 0.717) is 18.8 Å². The Hall–Kier alpha value is -1.51. The summed E-state index contributed by atoms with van der Waals surface area (Å²) in [6.45, 7) is 7.19. The molecule has 0 aliphatic carbocycles. The van der Waals surface area contributed by atoms with Crippen LogP contribution >= 0.6 is 0 Å². The minimum absolute atomic E-state index is 0.117. The number of epoxide rings is 1. The van der Waals surface area contributed by atoms with E-state index in [0.717, 1.165) is 12.8 Å². The van der Waals surface area contributed by atoms with Gasteiger partial charge >= 0.3 is 0 Å². The highest BCUT2D eigenvalue weighted by atomic mass is 16.6. The fraction of sp³-hybridized carbons (Fsp3) is 0.850. The molecule has 2 amide bonds. The molecule has 0 aromatic heterocycles. The maximum absolute atomic E-state index is 12.6. The average Bonchev–Trinajstić information content (AvgIpc) is 3.42. The van der Waals surface area contributed by atoms with Gasteiger partial charge in [0.2, 0.25) is 11.8 Å². The van der Waals surface area contributed by atoms with E-state index >= 15 is 0 Å². The van der Waals surface area contributed by atoms with Crippen LogP contribution in [0.15, 0.2) is 0 Å². The van der Waals surface area contributed by atoms with Gasteiger partial charge in [0, 0.05) is 6.42 Å². The zero-order chi connectivity index (χ0) is 21.3. The number of aliphatic hydroxyl groups excluding tert-OH is 2. The first-order valence-electron chi connectivity index (χ1n) is 10.1. The predicted octanol–water partition coefficient (Wildman–Crippen LogP) is 0.541. The van der Waals surface area contributed by atoms with Gasteiger partial charge in [-0.15, -0.1) is 0 Å². The standard InChI is InChI=1S/C20H36N2O6/c1-13(2)7-5-6-8-17(25)21-16(10-23)19(27)22-15(9-14(3)4)18(26)20(11-24)12-28-20/h13-16,23-24H,5-12H2,1-4H3,(H,21,25)(H,22,27). The number of rotatable bonds is 14. The van der Waals surface area contributed by atoms with Crippen LogP contribution in [0.5, 0.6) is 0 Å². The van der Waals surface area contributed by atoms with E-state index in [1.165, 1.54) is 0 Å². The molecule has 0 aromatic carbocycles. The van der Waals surface area contributed by atoms with Crippen LogP contribution in [0.25, 0.3) is 0 Å². The minimum Gasteiger partial charge on any atom is -0.394 e. The van der Waals surface area contributed by atoms with E-state index in [-0.39, 0.29) is 30.6 Å². The summed E-state index contributed by atoms with van der Waals surface area (Å²) >= 11 is 0. The van der Waals surface area contributed by atoms with Gasteiger partial charge in [0.05, 0.1) is 25.9 Å². The van der Waals surface area contributed by atoms with Gasteiger partial charge in [0.25, 0.3) is 0 Å². The van der Waals surface area contributed by atoms with Crippen LogP contribution in [0, 0.1) is 11.8 Å². The Labute approximate surface area is 167 Å². The SMILES string of the molecule is CC(C)CCCCC(=O)NC(CO)C(=O)NC(CC(C)C)C(=O)C1(CO)CO1. The van der Waals surface area contributed by atoms with Crippen molar-refractivity contribution in [2.45, 2.75) is 77.5 Å². The maximum Gasteiger partial charge on any atom is 0.245 e. The maximum atomic E-state index is 12.6. The second kappa shape index (κ2) is 11.5. The van der Waals surface area contributed by atoms with Crippen LogP contribution in [0.2, 0.25) is 0 Å². The normalized spacial score (nSPS) is 20.7. The molecule has 1 saturated heterocycles.